The Hall–Kier alpha value is -2.51. The van der Waals surface area contributed by atoms with Gasteiger partial charge in [-0.15, -0.1) is 24.3 Å². The van der Waals surface area contributed by atoms with Crippen LogP contribution in [0.15, 0.2) is 48.5 Å². The minimum atomic E-state index is -3.27. The molecule has 6 nitrogen and oxygen atoms in total. The topological polar surface area (TPSA) is 85.0 Å². The van der Waals surface area contributed by atoms with Crippen molar-refractivity contribution in [3.05, 3.63) is 72.6 Å². The first-order valence-corrected chi connectivity index (χ1v) is 9.08. The Morgan fingerprint density at radius 3 is 2.41 bits per heavy atom. The van der Waals surface area contributed by atoms with Gasteiger partial charge in [-0.25, -0.2) is 4.57 Å². The average Bonchev–Trinajstić information content (AvgIpc) is 3.02. The van der Waals surface area contributed by atoms with Gasteiger partial charge in [0.2, 0.25) is 0 Å². The van der Waals surface area contributed by atoms with E-state index >= 15 is 0 Å². The molecule has 0 radical (unpaired) electrons. The fourth-order valence-corrected chi connectivity index (χ4v) is 5.03. The third kappa shape index (κ3) is 3.79. The summed E-state index contributed by atoms with van der Waals surface area (Å²) in [5, 5.41) is 6.91. The van der Waals surface area contributed by atoms with Crippen molar-refractivity contribution < 1.29 is 34.0 Å². The third-order valence-corrected chi connectivity index (χ3v) is 6.34. The fraction of sp³-hybridized carbons (Fsp3) is 0.105. The monoisotopic (exact) mass is 557 g/mol. The van der Waals surface area contributed by atoms with Crippen molar-refractivity contribution >= 4 is 19.6 Å². The van der Waals surface area contributed by atoms with Gasteiger partial charge < -0.3 is 21.2 Å². The summed E-state index contributed by atoms with van der Waals surface area (Å²) >= 11 is 0. The van der Waals surface area contributed by atoms with Gasteiger partial charge in [0.25, 0.3) is 0 Å². The van der Waals surface area contributed by atoms with Crippen LogP contribution < -0.4 is 9.83 Å². The van der Waals surface area contributed by atoms with Gasteiger partial charge in [0, 0.05) is 17.1 Å². The smallest absolute Gasteiger partial charge is 0.545 e. The minimum Gasteiger partial charge on any atom is -0.545 e. The summed E-state index contributed by atoms with van der Waals surface area (Å²) in [6, 6.07) is 17.9. The van der Waals surface area contributed by atoms with Crippen molar-refractivity contribution in [2.45, 2.75) is 13.8 Å². The van der Waals surface area contributed by atoms with Gasteiger partial charge in [-0.3, -0.25) is 16.1 Å². The van der Waals surface area contributed by atoms with Gasteiger partial charge in [0.1, 0.15) is 0 Å². The van der Waals surface area contributed by atoms with E-state index in [1.807, 2.05) is 62.4 Å². The molecule has 0 bridgehead atoms. The molecule has 3 aromatic rings. The van der Waals surface area contributed by atoms with Crippen LogP contribution in [0.3, 0.4) is 0 Å². The Morgan fingerprint density at radius 1 is 1.15 bits per heavy atom. The SMILES string of the molecule is Cc1nc2n(c1C)P(=O)(c1ccccc1)Oc1ccc[c-]c1-2.[C-]#N.[CH-]=O.[Ir+3]. The number of imidazole rings is 1. The molecular formula is C19H15IrN3O3P. The molecule has 0 aliphatic carbocycles. The second kappa shape index (κ2) is 9.43. The van der Waals surface area contributed by atoms with E-state index in [0.29, 0.717) is 16.9 Å². The van der Waals surface area contributed by atoms with Crippen LogP contribution in [0.5, 0.6) is 5.75 Å². The summed E-state index contributed by atoms with van der Waals surface area (Å²) in [5.41, 5.74) is 2.45. The number of nitrogens with zero attached hydrogens (tertiary/aromatic N) is 3. The number of carbonyl (C=O) groups excluding carboxylic acids is 1. The largest absolute Gasteiger partial charge is 3.00 e. The molecule has 27 heavy (non-hydrogen) atoms. The number of fused-ring (bicyclic) bond motifs is 3. The first-order chi connectivity index (χ1) is 12.6. The zero-order valence-electron chi connectivity index (χ0n) is 14.5. The molecule has 0 N–H and O–H groups in total. The fourth-order valence-electron chi connectivity index (χ4n) is 2.71. The number of rotatable bonds is 1. The molecule has 2 aromatic carbocycles. The Kier molecular flexibility index (Phi) is 7.87. The van der Waals surface area contributed by atoms with Crippen LogP contribution in [0.2, 0.25) is 0 Å². The third-order valence-electron chi connectivity index (χ3n) is 3.92. The van der Waals surface area contributed by atoms with E-state index in [4.69, 9.17) is 21.2 Å². The second-order valence-electron chi connectivity index (χ2n) is 5.27. The van der Waals surface area contributed by atoms with Crippen LogP contribution in [-0.2, 0) is 29.5 Å². The molecule has 0 amide bonds. The van der Waals surface area contributed by atoms with Gasteiger partial charge in [0.05, 0.1) is 11.1 Å². The molecule has 1 unspecified atom stereocenters. The molecule has 2 heterocycles. The second-order valence-corrected chi connectivity index (χ2v) is 7.41. The summed E-state index contributed by atoms with van der Waals surface area (Å²) in [4.78, 5) is 12.3. The molecule has 0 saturated carbocycles. The first-order valence-electron chi connectivity index (χ1n) is 7.50. The molecule has 1 aromatic heterocycles. The van der Waals surface area contributed by atoms with Crippen LogP contribution in [0, 0.1) is 31.7 Å². The Bertz CT molecular complexity index is 986. The van der Waals surface area contributed by atoms with Crippen molar-refractivity contribution in [2.75, 3.05) is 0 Å². The van der Waals surface area contributed by atoms with E-state index in [1.165, 1.54) is 0 Å². The van der Waals surface area contributed by atoms with Crippen LogP contribution in [0.1, 0.15) is 11.4 Å². The van der Waals surface area contributed by atoms with E-state index in [9.17, 15) is 4.57 Å². The number of hydrogen-bond acceptors (Lipinski definition) is 5. The summed E-state index contributed by atoms with van der Waals surface area (Å²) in [5.74, 6) is 1.22. The summed E-state index contributed by atoms with van der Waals surface area (Å²) in [7, 11) is -3.27. The van der Waals surface area contributed by atoms with Crippen LogP contribution >= 0.6 is 7.52 Å². The van der Waals surface area contributed by atoms with Gasteiger partial charge in [-0.2, -0.15) is 0 Å². The molecule has 8 heteroatoms. The number of benzene rings is 2. The van der Waals surface area contributed by atoms with Crippen LogP contribution in [-0.4, -0.2) is 16.1 Å². The minimum absolute atomic E-state index is 0. The standard InChI is InChI=1S/C17H14N2O2P.CN.CHO.Ir/c1-12-13(2)19-17(18-12)15-10-6-7-11-16(15)21-22(19,20)14-8-4-3-5-9-14;2*1-2;/h3-9,11H,1-2H3;;1H;/q3*-1;+3. The zero-order chi connectivity index (χ0) is 19.3. The quantitative estimate of drug-likeness (QED) is 0.260. The van der Waals surface area contributed by atoms with Crippen molar-refractivity contribution in [1.29, 1.82) is 5.26 Å². The number of aryl methyl sites for hydroxylation is 1. The summed E-state index contributed by atoms with van der Waals surface area (Å²) in [6.45, 7) is 11.8. The Morgan fingerprint density at radius 2 is 1.78 bits per heavy atom. The normalized spacial score (nSPS) is 15.9. The first kappa shape index (κ1) is 22.5. The molecular weight excluding hydrogens is 541 g/mol. The van der Waals surface area contributed by atoms with Crippen molar-refractivity contribution in [1.82, 2.24) is 9.32 Å². The molecule has 4 rings (SSSR count). The molecule has 1 aliphatic heterocycles. The zero-order valence-corrected chi connectivity index (χ0v) is 17.8. The van der Waals surface area contributed by atoms with E-state index < -0.39 is 7.52 Å². The molecule has 1 aliphatic rings. The molecule has 138 valence electrons. The maximum absolute atomic E-state index is 13.7. The van der Waals surface area contributed by atoms with E-state index in [2.05, 4.69) is 17.8 Å². The van der Waals surface area contributed by atoms with Gasteiger partial charge in [-0.1, -0.05) is 23.8 Å². The maximum Gasteiger partial charge on any atom is 3.00 e. The summed E-state index contributed by atoms with van der Waals surface area (Å²) in [6.07, 6.45) is 0. The Balaban J connectivity index is 0.000000686. The summed E-state index contributed by atoms with van der Waals surface area (Å²) < 4.78 is 21.4. The van der Waals surface area contributed by atoms with Crippen LogP contribution in [0.4, 0.5) is 0 Å². The maximum atomic E-state index is 13.7. The van der Waals surface area contributed by atoms with Crippen molar-refractivity contribution in [3.8, 4) is 17.1 Å². The van der Waals surface area contributed by atoms with E-state index in [1.54, 1.807) is 4.34 Å². The van der Waals surface area contributed by atoms with Gasteiger partial charge >= 0.3 is 27.6 Å². The van der Waals surface area contributed by atoms with Crippen molar-refractivity contribution in [3.63, 3.8) is 0 Å². The van der Waals surface area contributed by atoms with Gasteiger partial charge in [-0.05, 0) is 26.0 Å². The van der Waals surface area contributed by atoms with Crippen molar-refractivity contribution in [2.24, 2.45) is 0 Å². The molecule has 0 spiro atoms. The predicted molar refractivity (Wildman–Crippen MR) is 97.4 cm³/mol. The average molecular weight is 557 g/mol. The van der Waals surface area contributed by atoms with E-state index in [0.717, 1.165) is 17.0 Å². The molecule has 0 fully saturated rings. The Labute approximate surface area is 171 Å². The van der Waals surface area contributed by atoms with E-state index in [-0.39, 0.29) is 20.1 Å². The number of aromatic nitrogens is 2. The molecule has 1 atom stereocenters. The molecule has 0 saturated heterocycles. The predicted octanol–water partition coefficient (Wildman–Crippen LogP) is 3.55. The van der Waals surface area contributed by atoms with Gasteiger partial charge in [0.15, 0.2) is 0 Å². The number of hydrogen-bond donors (Lipinski definition) is 0. The van der Waals surface area contributed by atoms with Crippen LogP contribution in [0.25, 0.3) is 11.4 Å².